The van der Waals surface area contributed by atoms with Gasteiger partial charge in [-0.15, -0.1) is 0 Å². The second-order valence-electron chi connectivity index (χ2n) is 7.48. The maximum absolute atomic E-state index is 12.4. The number of nitrogens with one attached hydrogen (secondary N) is 1. The molecule has 0 aliphatic rings. The largest absolute Gasteiger partial charge is 0.465 e. The number of carbonyl (C=O) groups is 2. The number of carboxylic acid groups (broad SMARTS) is 1. The van der Waals surface area contributed by atoms with Crippen molar-refractivity contribution in [1.82, 2.24) is 10.4 Å². The lowest BCUT2D eigenvalue weighted by Crippen LogP contribution is -2.56. The number of rotatable bonds is 6. The topological polar surface area (TPSA) is 88.1 Å². The monoisotopic (exact) mass is 318 g/mol. The van der Waals surface area contributed by atoms with Gasteiger partial charge in [-0.25, -0.2) is 9.86 Å². The Labute approximate surface area is 132 Å². The van der Waals surface area contributed by atoms with Gasteiger partial charge in [-0.05, 0) is 32.6 Å². The fourth-order valence-corrected chi connectivity index (χ4v) is 2.02. The van der Waals surface area contributed by atoms with Gasteiger partial charge in [-0.1, -0.05) is 20.8 Å². The van der Waals surface area contributed by atoms with Crippen molar-refractivity contribution in [2.45, 2.75) is 65.7 Å². The smallest absolute Gasteiger partial charge is 0.405 e. The van der Waals surface area contributed by atoms with Crippen LogP contribution in [0.25, 0.3) is 0 Å². The highest BCUT2D eigenvalue weighted by Crippen LogP contribution is 2.27. The zero-order valence-electron chi connectivity index (χ0n) is 14.9. The van der Waals surface area contributed by atoms with Crippen LogP contribution < -0.4 is 5.32 Å². The van der Waals surface area contributed by atoms with E-state index in [1.54, 1.807) is 0 Å². The second-order valence-corrected chi connectivity index (χ2v) is 7.48. The molecular weight excluding hydrogens is 288 g/mol. The van der Waals surface area contributed by atoms with Gasteiger partial charge >= 0.3 is 6.09 Å². The lowest BCUT2D eigenvalue weighted by molar-refractivity contribution is -0.178. The van der Waals surface area contributed by atoms with E-state index in [0.717, 1.165) is 5.06 Å². The molecule has 130 valence electrons. The third-order valence-corrected chi connectivity index (χ3v) is 2.82. The van der Waals surface area contributed by atoms with E-state index in [1.807, 2.05) is 41.5 Å². The third kappa shape index (κ3) is 8.19. The molecule has 0 saturated carbocycles. The summed E-state index contributed by atoms with van der Waals surface area (Å²) in [5.74, 6) is -0.497. The van der Waals surface area contributed by atoms with Crippen molar-refractivity contribution in [3.63, 3.8) is 0 Å². The summed E-state index contributed by atoms with van der Waals surface area (Å²) < 4.78 is 5.96. The molecule has 0 heterocycles. The number of hydrogen-bond acceptors (Lipinski definition) is 4. The molecule has 2 N–H and O–H groups in total. The maximum atomic E-state index is 12.4. The molecular formula is C15H30N2O5. The molecule has 7 nitrogen and oxygen atoms in total. The van der Waals surface area contributed by atoms with E-state index in [2.05, 4.69) is 5.32 Å². The van der Waals surface area contributed by atoms with E-state index >= 15 is 0 Å². The van der Waals surface area contributed by atoms with E-state index < -0.39 is 29.7 Å². The van der Waals surface area contributed by atoms with Crippen LogP contribution in [0, 0.1) is 5.41 Å². The van der Waals surface area contributed by atoms with Gasteiger partial charge < -0.3 is 15.2 Å². The fourth-order valence-electron chi connectivity index (χ4n) is 2.02. The standard InChI is InChI=1S/C15H30N2O5/c1-14(2,3)9-10(22-15(4,5)6)11(16-13(19)20)12(18)17(7)21-8/h10-11,16H,9H2,1-8H3,(H,19,20)/t10-,11+/m1/s1. The van der Waals surface area contributed by atoms with E-state index in [0.29, 0.717) is 6.42 Å². The van der Waals surface area contributed by atoms with Gasteiger partial charge in [-0.3, -0.25) is 9.63 Å². The van der Waals surface area contributed by atoms with Gasteiger partial charge in [0.2, 0.25) is 0 Å². The Morgan fingerprint density at radius 1 is 1.18 bits per heavy atom. The SMILES string of the molecule is CON(C)C(=O)[C@@H](NC(=O)O)[C@@H](CC(C)(C)C)OC(C)(C)C. The van der Waals surface area contributed by atoms with Crippen LogP contribution in [0.2, 0.25) is 0 Å². The Morgan fingerprint density at radius 2 is 1.68 bits per heavy atom. The highest BCUT2D eigenvalue weighted by molar-refractivity contribution is 5.85. The number of likely N-dealkylation sites (N-methyl/N-ethyl adjacent to an activating group) is 1. The van der Waals surface area contributed by atoms with Crippen LogP contribution in [0.4, 0.5) is 4.79 Å². The molecule has 2 amide bonds. The summed E-state index contributed by atoms with van der Waals surface area (Å²) in [5.41, 5.74) is -0.652. The highest BCUT2D eigenvalue weighted by atomic mass is 16.7. The molecule has 0 spiro atoms. The number of carbonyl (C=O) groups excluding carboxylic acids is 1. The minimum atomic E-state index is -1.28. The second kappa shape index (κ2) is 7.78. The summed E-state index contributed by atoms with van der Waals surface area (Å²) in [6.45, 7) is 11.6. The van der Waals surface area contributed by atoms with Crippen molar-refractivity contribution >= 4 is 12.0 Å². The quantitative estimate of drug-likeness (QED) is 0.733. The zero-order chi connectivity index (χ0) is 17.7. The first kappa shape index (κ1) is 20.7. The summed E-state index contributed by atoms with van der Waals surface area (Å²) in [7, 11) is 2.78. The molecule has 0 aromatic carbocycles. The molecule has 0 aliphatic heterocycles. The molecule has 0 aromatic heterocycles. The first-order chi connectivity index (χ1) is 9.76. The first-order valence-electron chi connectivity index (χ1n) is 7.26. The van der Waals surface area contributed by atoms with Gasteiger partial charge in [0.1, 0.15) is 6.04 Å². The summed E-state index contributed by atoms with van der Waals surface area (Å²) in [6, 6.07) is -1.04. The Bertz CT molecular complexity index is 368. The average molecular weight is 318 g/mol. The van der Waals surface area contributed by atoms with Crippen LogP contribution in [0.15, 0.2) is 0 Å². The molecule has 0 unspecified atom stereocenters. The van der Waals surface area contributed by atoms with Crippen LogP contribution >= 0.6 is 0 Å². The van der Waals surface area contributed by atoms with E-state index in [4.69, 9.17) is 14.7 Å². The summed E-state index contributed by atoms with van der Waals surface area (Å²) in [4.78, 5) is 28.4. The Balaban J connectivity index is 5.50. The number of nitrogens with zero attached hydrogens (tertiary/aromatic N) is 1. The molecule has 2 atom stereocenters. The van der Waals surface area contributed by atoms with Crippen molar-refractivity contribution in [3.8, 4) is 0 Å². The number of hydroxylamine groups is 2. The minimum Gasteiger partial charge on any atom is -0.465 e. The van der Waals surface area contributed by atoms with Crippen LogP contribution in [-0.4, -0.2) is 54.1 Å². The van der Waals surface area contributed by atoms with E-state index in [-0.39, 0.29) is 5.41 Å². The van der Waals surface area contributed by atoms with Crippen LogP contribution in [0.5, 0.6) is 0 Å². The number of amides is 2. The summed E-state index contributed by atoms with van der Waals surface area (Å²) in [5, 5.41) is 12.3. The summed E-state index contributed by atoms with van der Waals surface area (Å²) in [6.07, 6.45) is -1.38. The van der Waals surface area contributed by atoms with Crippen LogP contribution in [0.3, 0.4) is 0 Å². The molecule has 0 fully saturated rings. The lowest BCUT2D eigenvalue weighted by atomic mass is 9.86. The predicted octanol–water partition coefficient (Wildman–Crippen LogP) is 2.26. The molecule has 7 heteroatoms. The number of ether oxygens (including phenoxy) is 1. The lowest BCUT2D eigenvalue weighted by Gasteiger charge is -2.36. The van der Waals surface area contributed by atoms with Gasteiger partial charge in [0.25, 0.3) is 5.91 Å². The summed E-state index contributed by atoms with van der Waals surface area (Å²) >= 11 is 0. The molecule has 22 heavy (non-hydrogen) atoms. The maximum Gasteiger partial charge on any atom is 0.405 e. The average Bonchev–Trinajstić information content (AvgIpc) is 2.29. The predicted molar refractivity (Wildman–Crippen MR) is 83.4 cm³/mol. The molecule has 0 radical (unpaired) electrons. The zero-order valence-corrected chi connectivity index (χ0v) is 14.9. The van der Waals surface area contributed by atoms with Gasteiger partial charge in [0, 0.05) is 7.05 Å². The van der Waals surface area contributed by atoms with Crippen molar-refractivity contribution in [2.24, 2.45) is 5.41 Å². The van der Waals surface area contributed by atoms with E-state index in [1.165, 1.54) is 14.2 Å². The third-order valence-electron chi connectivity index (χ3n) is 2.82. The minimum absolute atomic E-state index is 0.139. The fraction of sp³-hybridized carbons (Fsp3) is 0.867. The van der Waals surface area contributed by atoms with E-state index in [9.17, 15) is 9.59 Å². The van der Waals surface area contributed by atoms with Crippen molar-refractivity contribution < 1.29 is 24.3 Å². The Kier molecular flexibility index (Phi) is 7.31. The Morgan fingerprint density at radius 3 is 2.00 bits per heavy atom. The number of hydrogen-bond donors (Lipinski definition) is 2. The van der Waals surface area contributed by atoms with Crippen molar-refractivity contribution in [1.29, 1.82) is 0 Å². The first-order valence-corrected chi connectivity index (χ1v) is 7.26. The van der Waals surface area contributed by atoms with Gasteiger partial charge in [-0.2, -0.15) is 0 Å². The normalized spacial score (nSPS) is 15.1. The molecule has 0 rings (SSSR count). The molecule has 0 aliphatic carbocycles. The highest BCUT2D eigenvalue weighted by Gasteiger charge is 2.37. The van der Waals surface area contributed by atoms with Crippen LogP contribution in [-0.2, 0) is 14.4 Å². The molecule has 0 bridgehead atoms. The molecule has 0 saturated heterocycles. The Hall–Kier alpha value is -1.34. The van der Waals surface area contributed by atoms with Crippen molar-refractivity contribution in [3.05, 3.63) is 0 Å². The van der Waals surface area contributed by atoms with Crippen molar-refractivity contribution in [2.75, 3.05) is 14.2 Å². The van der Waals surface area contributed by atoms with Gasteiger partial charge in [0.15, 0.2) is 0 Å². The molecule has 0 aromatic rings. The van der Waals surface area contributed by atoms with Gasteiger partial charge in [0.05, 0.1) is 18.8 Å². The van der Waals surface area contributed by atoms with Crippen LogP contribution in [0.1, 0.15) is 48.0 Å².